The Morgan fingerprint density at radius 1 is 1.29 bits per heavy atom. The molecule has 2 fully saturated rings. The Labute approximate surface area is 123 Å². The molecular weight excluding hydrogens is 276 g/mol. The van der Waals surface area contributed by atoms with Crippen LogP contribution in [0.15, 0.2) is 0 Å². The first-order valence-electron chi connectivity index (χ1n) is 7.28. The van der Waals surface area contributed by atoms with E-state index >= 15 is 0 Å². The van der Waals surface area contributed by atoms with Crippen LogP contribution in [0.5, 0.6) is 0 Å². The van der Waals surface area contributed by atoms with Crippen LogP contribution in [0.2, 0.25) is 0 Å². The number of primary amides is 1. The number of carbonyl (C=O) groups excluding carboxylic acids is 2. The predicted octanol–water partition coefficient (Wildman–Crippen LogP) is -0.805. The first kappa shape index (κ1) is 15.6. The average Bonchev–Trinajstić information content (AvgIpc) is 2.89. The molecule has 2 saturated heterocycles. The second kappa shape index (κ2) is 6.75. The van der Waals surface area contributed by atoms with Gasteiger partial charge < -0.3 is 21.1 Å². The van der Waals surface area contributed by atoms with Gasteiger partial charge in [0.05, 0.1) is 0 Å². The SMILES string of the molecule is NC(=O)CCC(NC(=O)N1CCN2CCCC2C1)C(=O)O. The Balaban J connectivity index is 1.86. The maximum Gasteiger partial charge on any atom is 0.326 e. The highest BCUT2D eigenvalue weighted by Gasteiger charge is 2.33. The predicted molar refractivity (Wildman–Crippen MR) is 74.6 cm³/mol. The maximum atomic E-state index is 12.2. The molecule has 2 unspecified atom stereocenters. The van der Waals surface area contributed by atoms with E-state index in [2.05, 4.69) is 10.2 Å². The van der Waals surface area contributed by atoms with Gasteiger partial charge >= 0.3 is 12.0 Å². The van der Waals surface area contributed by atoms with E-state index in [0.29, 0.717) is 19.1 Å². The molecular formula is C13H22N4O4. The van der Waals surface area contributed by atoms with E-state index in [-0.39, 0.29) is 18.9 Å². The summed E-state index contributed by atoms with van der Waals surface area (Å²) in [4.78, 5) is 38.0. The monoisotopic (exact) mass is 298 g/mol. The standard InChI is InChI=1S/C13H22N4O4/c14-11(18)4-3-10(12(19)20)15-13(21)17-7-6-16-5-1-2-9(16)8-17/h9-10H,1-8H2,(H2,14,18)(H,15,21)(H,19,20). The summed E-state index contributed by atoms with van der Waals surface area (Å²) in [5.41, 5.74) is 5.01. The summed E-state index contributed by atoms with van der Waals surface area (Å²) >= 11 is 0. The second-order valence-electron chi connectivity index (χ2n) is 5.62. The molecule has 0 spiro atoms. The summed E-state index contributed by atoms with van der Waals surface area (Å²) in [7, 11) is 0. The van der Waals surface area contributed by atoms with Gasteiger partial charge in [-0.15, -0.1) is 0 Å². The van der Waals surface area contributed by atoms with Gasteiger partial charge in [-0.05, 0) is 25.8 Å². The minimum absolute atomic E-state index is 0.0137. The number of carboxylic acid groups (broad SMARTS) is 1. The maximum absolute atomic E-state index is 12.2. The number of nitrogens with zero attached hydrogens (tertiary/aromatic N) is 2. The zero-order valence-electron chi connectivity index (χ0n) is 12.0. The van der Waals surface area contributed by atoms with Crippen molar-refractivity contribution in [2.24, 2.45) is 5.73 Å². The average molecular weight is 298 g/mol. The third kappa shape index (κ3) is 4.07. The van der Waals surface area contributed by atoms with Crippen LogP contribution in [0.1, 0.15) is 25.7 Å². The lowest BCUT2D eigenvalue weighted by molar-refractivity contribution is -0.139. The van der Waals surface area contributed by atoms with Gasteiger partial charge in [0, 0.05) is 32.1 Å². The Morgan fingerprint density at radius 3 is 2.71 bits per heavy atom. The van der Waals surface area contributed by atoms with E-state index in [1.54, 1.807) is 4.90 Å². The molecule has 0 saturated carbocycles. The van der Waals surface area contributed by atoms with E-state index in [0.717, 1.165) is 25.9 Å². The lowest BCUT2D eigenvalue weighted by atomic mass is 10.1. The number of carboxylic acids is 1. The molecule has 21 heavy (non-hydrogen) atoms. The smallest absolute Gasteiger partial charge is 0.326 e. The molecule has 2 atom stereocenters. The van der Waals surface area contributed by atoms with Gasteiger partial charge in [0.15, 0.2) is 0 Å². The molecule has 2 rings (SSSR count). The Kier molecular flexibility index (Phi) is 5.00. The van der Waals surface area contributed by atoms with Crippen LogP contribution in [0.4, 0.5) is 4.79 Å². The van der Waals surface area contributed by atoms with Crippen LogP contribution in [-0.2, 0) is 9.59 Å². The van der Waals surface area contributed by atoms with Crippen LogP contribution in [0, 0.1) is 0 Å². The lowest BCUT2D eigenvalue weighted by Crippen LogP contribution is -2.56. The Hall–Kier alpha value is -1.83. The topological polar surface area (TPSA) is 116 Å². The molecule has 0 aromatic heterocycles. The summed E-state index contributed by atoms with van der Waals surface area (Å²) in [6.45, 7) is 3.14. The van der Waals surface area contributed by atoms with Crippen LogP contribution in [-0.4, -0.2) is 71.1 Å². The van der Waals surface area contributed by atoms with Crippen LogP contribution < -0.4 is 11.1 Å². The van der Waals surface area contributed by atoms with Crippen molar-refractivity contribution < 1.29 is 19.5 Å². The molecule has 0 aromatic rings. The fraction of sp³-hybridized carbons (Fsp3) is 0.769. The quantitative estimate of drug-likeness (QED) is 0.614. The summed E-state index contributed by atoms with van der Waals surface area (Å²) in [5.74, 6) is -1.72. The van der Waals surface area contributed by atoms with E-state index in [4.69, 9.17) is 10.8 Å². The van der Waals surface area contributed by atoms with Crippen molar-refractivity contribution in [1.29, 1.82) is 0 Å². The van der Waals surface area contributed by atoms with Gasteiger partial charge in [0.2, 0.25) is 5.91 Å². The molecule has 2 aliphatic rings. The van der Waals surface area contributed by atoms with Crippen LogP contribution in [0.25, 0.3) is 0 Å². The zero-order valence-corrected chi connectivity index (χ0v) is 12.0. The minimum atomic E-state index is -1.15. The summed E-state index contributed by atoms with van der Waals surface area (Å²) in [6.07, 6.45) is 2.18. The summed E-state index contributed by atoms with van der Waals surface area (Å²) < 4.78 is 0. The highest BCUT2D eigenvalue weighted by atomic mass is 16.4. The number of piperazine rings is 1. The molecule has 0 aromatic carbocycles. The van der Waals surface area contributed by atoms with Gasteiger partial charge in [-0.2, -0.15) is 0 Å². The van der Waals surface area contributed by atoms with Gasteiger partial charge in [-0.25, -0.2) is 9.59 Å². The molecule has 0 radical (unpaired) electrons. The molecule has 0 aliphatic carbocycles. The van der Waals surface area contributed by atoms with Crippen molar-refractivity contribution in [1.82, 2.24) is 15.1 Å². The molecule has 118 valence electrons. The summed E-state index contributed by atoms with van der Waals surface area (Å²) in [5, 5.41) is 11.6. The van der Waals surface area contributed by atoms with Crippen LogP contribution >= 0.6 is 0 Å². The zero-order chi connectivity index (χ0) is 15.4. The Bertz CT molecular complexity index is 428. The molecule has 8 heteroatoms. The first-order chi connectivity index (χ1) is 9.97. The number of amides is 3. The van der Waals surface area contributed by atoms with Gasteiger partial charge in [0.25, 0.3) is 0 Å². The molecule has 2 heterocycles. The van der Waals surface area contributed by atoms with E-state index < -0.39 is 17.9 Å². The number of fused-ring (bicyclic) bond motifs is 1. The molecule has 4 N–H and O–H groups in total. The number of carbonyl (C=O) groups is 3. The van der Waals surface area contributed by atoms with Gasteiger partial charge in [-0.3, -0.25) is 9.69 Å². The van der Waals surface area contributed by atoms with Crippen molar-refractivity contribution in [3.63, 3.8) is 0 Å². The largest absolute Gasteiger partial charge is 0.480 e. The molecule has 0 bridgehead atoms. The Morgan fingerprint density at radius 2 is 2.05 bits per heavy atom. The van der Waals surface area contributed by atoms with Crippen molar-refractivity contribution in [3.8, 4) is 0 Å². The highest BCUT2D eigenvalue weighted by Crippen LogP contribution is 2.21. The molecule has 8 nitrogen and oxygen atoms in total. The van der Waals surface area contributed by atoms with E-state index in [1.165, 1.54) is 0 Å². The number of nitrogens with one attached hydrogen (secondary N) is 1. The van der Waals surface area contributed by atoms with Gasteiger partial charge in [0.1, 0.15) is 6.04 Å². The third-order valence-corrected chi connectivity index (χ3v) is 4.15. The number of hydrogen-bond donors (Lipinski definition) is 3. The number of aliphatic carboxylic acids is 1. The fourth-order valence-corrected chi connectivity index (χ4v) is 2.96. The lowest BCUT2D eigenvalue weighted by Gasteiger charge is -2.37. The number of hydrogen-bond acceptors (Lipinski definition) is 4. The third-order valence-electron chi connectivity index (χ3n) is 4.15. The van der Waals surface area contributed by atoms with Crippen molar-refractivity contribution in [2.45, 2.75) is 37.8 Å². The first-order valence-corrected chi connectivity index (χ1v) is 7.28. The van der Waals surface area contributed by atoms with Gasteiger partial charge in [-0.1, -0.05) is 0 Å². The van der Waals surface area contributed by atoms with E-state index in [1.807, 2.05) is 0 Å². The normalized spacial score (nSPS) is 23.4. The summed E-state index contributed by atoms with van der Waals surface area (Å²) in [6, 6.07) is -1.07. The molecule has 3 amide bonds. The van der Waals surface area contributed by atoms with Crippen molar-refractivity contribution in [2.75, 3.05) is 26.2 Å². The number of rotatable bonds is 5. The van der Waals surface area contributed by atoms with Crippen LogP contribution in [0.3, 0.4) is 0 Å². The van der Waals surface area contributed by atoms with Crippen molar-refractivity contribution in [3.05, 3.63) is 0 Å². The number of urea groups is 1. The second-order valence-corrected chi connectivity index (χ2v) is 5.62. The fourth-order valence-electron chi connectivity index (χ4n) is 2.96. The van der Waals surface area contributed by atoms with Crippen molar-refractivity contribution >= 4 is 17.9 Å². The highest BCUT2D eigenvalue weighted by molar-refractivity contribution is 5.83. The van der Waals surface area contributed by atoms with E-state index in [9.17, 15) is 14.4 Å². The molecule has 2 aliphatic heterocycles. The minimum Gasteiger partial charge on any atom is -0.480 e. The number of nitrogens with two attached hydrogens (primary N) is 1.